The van der Waals surface area contributed by atoms with Crippen molar-refractivity contribution in [1.82, 2.24) is 0 Å². The third kappa shape index (κ3) is 2.97. The van der Waals surface area contributed by atoms with Gasteiger partial charge in [0.25, 0.3) is 0 Å². The lowest BCUT2D eigenvalue weighted by molar-refractivity contribution is 0.202. The highest BCUT2D eigenvalue weighted by atomic mass is 14.5. The van der Waals surface area contributed by atoms with E-state index < -0.39 is 11.3 Å². The first-order chi connectivity index (χ1) is 12.3. The zero-order valence-electron chi connectivity index (χ0n) is 14.4. The van der Waals surface area contributed by atoms with Crippen molar-refractivity contribution in [3.63, 3.8) is 0 Å². The molecule has 25 heavy (non-hydrogen) atoms. The molecule has 1 aliphatic carbocycles. The Labute approximate surface area is 150 Å². The Bertz CT molecular complexity index is 811. The van der Waals surface area contributed by atoms with Gasteiger partial charge in [-0.05, 0) is 48.3 Å². The maximum atomic E-state index is 9.77. The normalized spacial score (nSPS) is 21.8. The van der Waals surface area contributed by atoms with Crippen LogP contribution in [0.3, 0.4) is 0 Å². The fourth-order valence-electron chi connectivity index (χ4n) is 4.47. The standard InChI is InChI=1S/C23H22N2/c1-2-14-23(21(16-24)17-25)20(15-18-8-4-3-5-9-18)13-12-19-10-6-7-11-22(19)23/h2-11,20-21H,1,12-15H2/t20?,23-/m1/s1. The number of fused-ring (bicyclic) bond motifs is 1. The van der Waals surface area contributed by atoms with Crippen molar-refractivity contribution in [2.45, 2.75) is 31.1 Å². The molecule has 1 aliphatic rings. The molecule has 2 nitrogen and oxygen atoms in total. The molecule has 0 saturated carbocycles. The van der Waals surface area contributed by atoms with Crippen LogP contribution in [0.15, 0.2) is 67.3 Å². The second-order valence-corrected chi connectivity index (χ2v) is 6.81. The summed E-state index contributed by atoms with van der Waals surface area (Å²) in [6, 6.07) is 23.3. The van der Waals surface area contributed by atoms with E-state index in [1.165, 1.54) is 11.1 Å². The van der Waals surface area contributed by atoms with E-state index in [0.29, 0.717) is 6.42 Å². The highest BCUT2D eigenvalue weighted by Gasteiger charge is 2.49. The van der Waals surface area contributed by atoms with Gasteiger partial charge in [-0.15, -0.1) is 6.58 Å². The monoisotopic (exact) mass is 326 g/mol. The molecular formula is C23H22N2. The van der Waals surface area contributed by atoms with E-state index in [1.807, 2.05) is 36.4 Å². The third-order valence-corrected chi connectivity index (χ3v) is 5.59. The average molecular weight is 326 g/mol. The Morgan fingerprint density at radius 2 is 1.76 bits per heavy atom. The molecular weight excluding hydrogens is 304 g/mol. The van der Waals surface area contributed by atoms with E-state index >= 15 is 0 Å². The maximum Gasteiger partial charge on any atom is 0.143 e. The van der Waals surface area contributed by atoms with Gasteiger partial charge in [0.1, 0.15) is 5.92 Å². The van der Waals surface area contributed by atoms with Crippen LogP contribution in [0.2, 0.25) is 0 Å². The van der Waals surface area contributed by atoms with Crippen LogP contribution in [0.4, 0.5) is 0 Å². The molecule has 0 spiro atoms. The lowest BCUT2D eigenvalue weighted by Crippen LogP contribution is -2.45. The topological polar surface area (TPSA) is 47.6 Å². The SMILES string of the molecule is C=CC[C@@]1(C(C#N)C#N)c2ccccc2CCC1Cc1ccccc1. The van der Waals surface area contributed by atoms with Gasteiger partial charge in [0.05, 0.1) is 12.1 Å². The molecule has 0 heterocycles. The summed E-state index contributed by atoms with van der Waals surface area (Å²) in [5.41, 5.74) is 3.20. The Balaban J connectivity index is 2.15. The van der Waals surface area contributed by atoms with Crippen molar-refractivity contribution in [3.05, 3.63) is 83.9 Å². The maximum absolute atomic E-state index is 9.77. The zero-order chi connectivity index (χ0) is 17.7. The largest absolute Gasteiger partial charge is 0.197 e. The van der Waals surface area contributed by atoms with Crippen LogP contribution in [-0.4, -0.2) is 0 Å². The Morgan fingerprint density at radius 1 is 1.08 bits per heavy atom. The van der Waals surface area contributed by atoms with Crippen molar-refractivity contribution < 1.29 is 0 Å². The Morgan fingerprint density at radius 3 is 2.44 bits per heavy atom. The molecule has 1 unspecified atom stereocenters. The van der Waals surface area contributed by atoms with Gasteiger partial charge in [-0.2, -0.15) is 10.5 Å². The summed E-state index contributed by atoms with van der Waals surface area (Å²) in [7, 11) is 0. The molecule has 2 aromatic carbocycles. The minimum absolute atomic E-state index is 0.243. The fourth-order valence-corrected chi connectivity index (χ4v) is 4.47. The molecule has 124 valence electrons. The van der Waals surface area contributed by atoms with E-state index in [2.05, 4.69) is 43.0 Å². The predicted molar refractivity (Wildman–Crippen MR) is 99.6 cm³/mol. The molecule has 0 radical (unpaired) electrons. The second-order valence-electron chi connectivity index (χ2n) is 6.81. The minimum Gasteiger partial charge on any atom is -0.197 e. The summed E-state index contributed by atoms with van der Waals surface area (Å²) in [5.74, 6) is -0.437. The van der Waals surface area contributed by atoms with Crippen LogP contribution in [0, 0.1) is 34.5 Å². The van der Waals surface area contributed by atoms with Crippen molar-refractivity contribution in [3.8, 4) is 12.1 Å². The van der Waals surface area contributed by atoms with Gasteiger partial charge in [0.15, 0.2) is 0 Å². The first kappa shape index (κ1) is 17.0. The molecule has 0 aliphatic heterocycles. The predicted octanol–water partition coefficient (Wildman–Crippen LogP) is 4.97. The number of rotatable bonds is 5. The molecule has 0 saturated heterocycles. The van der Waals surface area contributed by atoms with Crippen molar-refractivity contribution in [2.75, 3.05) is 0 Å². The smallest absolute Gasteiger partial charge is 0.143 e. The van der Waals surface area contributed by atoms with Gasteiger partial charge < -0.3 is 0 Å². The van der Waals surface area contributed by atoms with E-state index in [-0.39, 0.29) is 5.92 Å². The van der Waals surface area contributed by atoms with E-state index in [1.54, 1.807) is 0 Å². The van der Waals surface area contributed by atoms with Crippen molar-refractivity contribution in [2.24, 2.45) is 11.8 Å². The minimum atomic E-state index is -0.680. The number of nitrogens with zero attached hydrogens (tertiary/aromatic N) is 2. The molecule has 0 bridgehead atoms. The summed E-state index contributed by atoms with van der Waals surface area (Å²) in [4.78, 5) is 0. The van der Waals surface area contributed by atoms with Crippen molar-refractivity contribution >= 4 is 0 Å². The summed E-state index contributed by atoms with van der Waals surface area (Å²) in [6.07, 6.45) is 5.38. The zero-order valence-corrected chi connectivity index (χ0v) is 14.4. The van der Waals surface area contributed by atoms with Crippen LogP contribution < -0.4 is 0 Å². The van der Waals surface area contributed by atoms with Gasteiger partial charge in [-0.3, -0.25) is 0 Å². The van der Waals surface area contributed by atoms with Gasteiger partial charge >= 0.3 is 0 Å². The Kier molecular flexibility index (Phi) is 5.01. The van der Waals surface area contributed by atoms with Crippen LogP contribution in [0.5, 0.6) is 0 Å². The molecule has 0 fully saturated rings. The van der Waals surface area contributed by atoms with Gasteiger partial charge in [-0.25, -0.2) is 0 Å². The highest BCUT2D eigenvalue weighted by Crippen LogP contribution is 2.50. The number of nitriles is 2. The number of hydrogen-bond donors (Lipinski definition) is 0. The number of allylic oxidation sites excluding steroid dienone is 1. The average Bonchev–Trinajstić information content (AvgIpc) is 2.66. The second kappa shape index (κ2) is 7.37. The molecule has 2 aromatic rings. The molecule has 3 rings (SSSR count). The Hall–Kier alpha value is -2.84. The van der Waals surface area contributed by atoms with Crippen LogP contribution in [0.25, 0.3) is 0 Å². The van der Waals surface area contributed by atoms with Gasteiger partial charge in [-0.1, -0.05) is 60.7 Å². The molecule has 0 N–H and O–H groups in total. The lowest BCUT2D eigenvalue weighted by atomic mass is 9.55. The van der Waals surface area contributed by atoms with Gasteiger partial charge in [0, 0.05) is 5.41 Å². The summed E-state index contributed by atoms with van der Waals surface area (Å²) >= 11 is 0. The summed E-state index contributed by atoms with van der Waals surface area (Å²) in [6.45, 7) is 3.95. The summed E-state index contributed by atoms with van der Waals surface area (Å²) in [5, 5.41) is 19.5. The third-order valence-electron chi connectivity index (χ3n) is 5.59. The van der Waals surface area contributed by atoms with Crippen molar-refractivity contribution in [1.29, 1.82) is 10.5 Å². The van der Waals surface area contributed by atoms with Crippen LogP contribution in [-0.2, 0) is 18.3 Å². The summed E-state index contributed by atoms with van der Waals surface area (Å²) < 4.78 is 0. The van der Waals surface area contributed by atoms with Crippen LogP contribution >= 0.6 is 0 Å². The molecule has 2 atom stereocenters. The number of aryl methyl sites for hydroxylation is 1. The first-order valence-electron chi connectivity index (χ1n) is 8.78. The van der Waals surface area contributed by atoms with E-state index in [4.69, 9.17) is 0 Å². The highest BCUT2D eigenvalue weighted by molar-refractivity contribution is 5.43. The number of hydrogen-bond acceptors (Lipinski definition) is 2. The first-order valence-corrected chi connectivity index (χ1v) is 8.78. The molecule has 2 heteroatoms. The van der Waals surface area contributed by atoms with Gasteiger partial charge in [0.2, 0.25) is 0 Å². The lowest BCUT2D eigenvalue weighted by Gasteiger charge is -2.46. The quantitative estimate of drug-likeness (QED) is 0.728. The fraction of sp³-hybridized carbons (Fsp3) is 0.304. The van der Waals surface area contributed by atoms with Crippen LogP contribution in [0.1, 0.15) is 29.5 Å². The number of benzene rings is 2. The van der Waals surface area contributed by atoms with E-state index in [0.717, 1.165) is 24.8 Å². The molecule has 0 aromatic heterocycles. The van der Waals surface area contributed by atoms with E-state index in [9.17, 15) is 10.5 Å². The molecule has 0 amide bonds.